The summed E-state index contributed by atoms with van der Waals surface area (Å²) >= 11 is 5.23. The fraction of sp³-hybridized carbons (Fsp3) is 0.875. The Hall–Kier alpha value is 0.250. The lowest BCUT2D eigenvalue weighted by Crippen LogP contribution is -2.43. The molecule has 2 fully saturated rings. The standard InChI is InChI=1S/C8H11BrN2O2S2/c9-1-5-2-14-8-10-6-3-15(12,13)4-7(6)11(5)8/h5-7H,1-4H2/t5?,6-,7+/m0/s1. The number of rotatable bonds is 1. The molecule has 0 aromatic carbocycles. The molecule has 3 atom stereocenters. The molecule has 0 bridgehead atoms. The van der Waals surface area contributed by atoms with Crippen LogP contribution >= 0.6 is 27.7 Å². The van der Waals surface area contributed by atoms with E-state index in [9.17, 15) is 8.42 Å². The molecule has 1 unspecified atom stereocenters. The van der Waals surface area contributed by atoms with Crippen molar-refractivity contribution >= 4 is 42.7 Å². The van der Waals surface area contributed by atoms with Crippen molar-refractivity contribution in [2.75, 3.05) is 22.6 Å². The van der Waals surface area contributed by atoms with Gasteiger partial charge in [0, 0.05) is 11.1 Å². The van der Waals surface area contributed by atoms with Crippen molar-refractivity contribution < 1.29 is 8.42 Å². The maximum atomic E-state index is 11.5. The van der Waals surface area contributed by atoms with Crippen LogP contribution in [0.3, 0.4) is 0 Å². The molecule has 7 heteroatoms. The number of alkyl halides is 1. The summed E-state index contributed by atoms with van der Waals surface area (Å²) < 4.78 is 23.0. The van der Waals surface area contributed by atoms with Crippen molar-refractivity contribution in [3.05, 3.63) is 0 Å². The van der Waals surface area contributed by atoms with Crippen molar-refractivity contribution in [3.8, 4) is 0 Å². The summed E-state index contributed by atoms with van der Waals surface area (Å²) in [6.07, 6.45) is 0. The second-order valence-electron chi connectivity index (χ2n) is 4.15. The van der Waals surface area contributed by atoms with E-state index >= 15 is 0 Å². The van der Waals surface area contributed by atoms with Crippen LogP contribution in [0.25, 0.3) is 0 Å². The summed E-state index contributed by atoms with van der Waals surface area (Å²) in [7, 11) is -2.85. The molecule has 0 aliphatic carbocycles. The van der Waals surface area contributed by atoms with Gasteiger partial charge in [-0.3, -0.25) is 4.99 Å². The average Bonchev–Trinajstić information content (AvgIpc) is 2.73. The summed E-state index contributed by atoms with van der Waals surface area (Å²) in [5.41, 5.74) is 0. The van der Waals surface area contributed by atoms with Crippen LogP contribution < -0.4 is 0 Å². The highest BCUT2D eigenvalue weighted by atomic mass is 79.9. The molecular weight excluding hydrogens is 300 g/mol. The fourth-order valence-electron chi connectivity index (χ4n) is 2.46. The van der Waals surface area contributed by atoms with E-state index in [2.05, 4.69) is 25.8 Å². The van der Waals surface area contributed by atoms with Gasteiger partial charge < -0.3 is 4.90 Å². The van der Waals surface area contributed by atoms with Crippen LogP contribution in [0.1, 0.15) is 0 Å². The van der Waals surface area contributed by atoms with Gasteiger partial charge in [0.2, 0.25) is 0 Å². The van der Waals surface area contributed by atoms with Gasteiger partial charge in [0.25, 0.3) is 0 Å². The van der Waals surface area contributed by atoms with Crippen LogP contribution in [0.4, 0.5) is 0 Å². The lowest BCUT2D eigenvalue weighted by atomic mass is 10.1. The quantitative estimate of drug-likeness (QED) is 0.655. The lowest BCUT2D eigenvalue weighted by Gasteiger charge is -2.26. The number of sulfone groups is 1. The molecule has 84 valence electrons. The van der Waals surface area contributed by atoms with Crippen molar-refractivity contribution in [1.29, 1.82) is 0 Å². The second kappa shape index (κ2) is 3.37. The maximum absolute atomic E-state index is 11.5. The van der Waals surface area contributed by atoms with Gasteiger partial charge >= 0.3 is 0 Å². The zero-order valence-corrected chi connectivity index (χ0v) is 11.2. The molecule has 3 rings (SSSR count). The van der Waals surface area contributed by atoms with Crippen molar-refractivity contribution in [1.82, 2.24) is 4.90 Å². The van der Waals surface area contributed by atoms with E-state index in [1.54, 1.807) is 11.8 Å². The van der Waals surface area contributed by atoms with Gasteiger partial charge in [-0.1, -0.05) is 27.7 Å². The molecule has 0 radical (unpaired) electrons. The van der Waals surface area contributed by atoms with E-state index < -0.39 is 9.84 Å². The Morgan fingerprint density at radius 1 is 1.53 bits per heavy atom. The summed E-state index contributed by atoms with van der Waals surface area (Å²) in [5, 5.41) is 1.95. The van der Waals surface area contributed by atoms with E-state index in [0.29, 0.717) is 6.04 Å². The van der Waals surface area contributed by atoms with Gasteiger partial charge in [-0.25, -0.2) is 8.42 Å². The number of nitrogens with zero attached hydrogens (tertiary/aromatic N) is 2. The first-order valence-electron chi connectivity index (χ1n) is 4.86. The molecule has 0 saturated carbocycles. The van der Waals surface area contributed by atoms with Gasteiger partial charge in [-0.05, 0) is 0 Å². The topological polar surface area (TPSA) is 49.7 Å². The lowest BCUT2D eigenvalue weighted by molar-refractivity contribution is 0.310. The Labute approximate surface area is 102 Å². The molecule has 0 N–H and O–H groups in total. The molecule has 3 heterocycles. The van der Waals surface area contributed by atoms with E-state index in [4.69, 9.17) is 0 Å². The summed E-state index contributed by atoms with van der Waals surface area (Å²) in [6.45, 7) is 0. The first-order chi connectivity index (χ1) is 7.11. The van der Waals surface area contributed by atoms with Crippen LogP contribution in [-0.4, -0.2) is 59.2 Å². The normalized spacial score (nSPS) is 41.5. The summed E-state index contributed by atoms with van der Waals surface area (Å²) in [6, 6.07) is 0.527. The van der Waals surface area contributed by atoms with E-state index in [-0.39, 0.29) is 23.6 Å². The fourth-order valence-corrected chi connectivity index (χ4v) is 6.42. The third-order valence-electron chi connectivity index (χ3n) is 3.12. The summed E-state index contributed by atoms with van der Waals surface area (Å²) in [5.74, 6) is 1.55. The first kappa shape index (κ1) is 10.4. The SMILES string of the molecule is O=S1(=O)C[C@@H]2N=C3SCC(CBr)N3[C@@H]2C1. The number of amidine groups is 1. The van der Waals surface area contributed by atoms with Crippen molar-refractivity contribution in [2.24, 2.45) is 4.99 Å². The predicted octanol–water partition coefficient (Wildman–Crippen LogP) is 0.334. The molecule has 0 aromatic rings. The molecule has 4 nitrogen and oxygen atoms in total. The zero-order chi connectivity index (χ0) is 10.6. The number of thioether (sulfide) groups is 1. The maximum Gasteiger partial charge on any atom is 0.160 e. The minimum atomic E-state index is -2.85. The largest absolute Gasteiger partial charge is 0.341 e. The molecule has 2 saturated heterocycles. The van der Waals surface area contributed by atoms with Crippen LogP contribution in [0.15, 0.2) is 4.99 Å². The second-order valence-corrected chi connectivity index (χ2v) is 7.94. The molecule has 15 heavy (non-hydrogen) atoms. The number of halogens is 1. The van der Waals surface area contributed by atoms with Crippen LogP contribution in [0, 0.1) is 0 Å². The van der Waals surface area contributed by atoms with E-state index in [1.807, 2.05) is 0 Å². The predicted molar refractivity (Wildman–Crippen MR) is 65.5 cm³/mol. The monoisotopic (exact) mass is 310 g/mol. The molecule has 3 aliphatic heterocycles. The minimum Gasteiger partial charge on any atom is -0.341 e. The Balaban J connectivity index is 1.93. The van der Waals surface area contributed by atoms with Gasteiger partial charge in [0.1, 0.15) is 0 Å². The third kappa shape index (κ3) is 1.54. The Morgan fingerprint density at radius 3 is 3.07 bits per heavy atom. The molecular formula is C8H11BrN2O2S2. The highest BCUT2D eigenvalue weighted by molar-refractivity contribution is 9.09. The Bertz CT molecular complexity index is 422. The van der Waals surface area contributed by atoms with Gasteiger partial charge in [-0.15, -0.1) is 0 Å². The highest BCUT2D eigenvalue weighted by Gasteiger charge is 2.50. The molecule has 0 aromatic heterocycles. The van der Waals surface area contributed by atoms with E-state index in [0.717, 1.165) is 16.3 Å². The third-order valence-corrected chi connectivity index (χ3v) is 6.70. The van der Waals surface area contributed by atoms with E-state index in [1.165, 1.54) is 0 Å². The van der Waals surface area contributed by atoms with Crippen LogP contribution in [-0.2, 0) is 9.84 Å². The number of hydrogen-bond acceptors (Lipinski definition) is 5. The molecule has 0 spiro atoms. The van der Waals surface area contributed by atoms with Crippen LogP contribution in [0.5, 0.6) is 0 Å². The van der Waals surface area contributed by atoms with Crippen molar-refractivity contribution in [2.45, 2.75) is 18.1 Å². The van der Waals surface area contributed by atoms with Crippen molar-refractivity contribution in [3.63, 3.8) is 0 Å². The number of fused-ring (bicyclic) bond motifs is 3. The zero-order valence-electron chi connectivity index (χ0n) is 7.97. The smallest absolute Gasteiger partial charge is 0.160 e. The van der Waals surface area contributed by atoms with Gasteiger partial charge in [-0.2, -0.15) is 0 Å². The number of hydrogen-bond donors (Lipinski definition) is 0. The Kier molecular flexibility index (Phi) is 2.34. The Morgan fingerprint density at radius 2 is 2.33 bits per heavy atom. The highest BCUT2D eigenvalue weighted by Crippen LogP contribution is 2.38. The van der Waals surface area contributed by atoms with Gasteiger partial charge in [0.15, 0.2) is 15.0 Å². The first-order valence-corrected chi connectivity index (χ1v) is 8.79. The number of aliphatic imine (C=N–C) groups is 1. The molecule has 3 aliphatic rings. The average molecular weight is 311 g/mol. The summed E-state index contributed by atoms with van der Waals surface area (Å²) in [4.78, 5) is 6.73. The molecule has 0 amide bonds. The van der Waals surface area contributed by atoms with Crippen LogP contribution in [0.2, 0.25) is 0 Å². The minimum absolute atomic E-state index is 0.000602. The van der Waals surface area contributed by atoms with Gasteiger partial charge in [0.05, 0.1) is 29.6 Å².